The van der Waals surface area contributed by atoms with E-state index in [1.54, 1.807) is 24.3 Å². The Kier molecular flexibility index (Phi) is 4.35. The second-order valence-electron chi connectivity index (χ2n) is 5.56. The number of thiophene rings is 1. The number of hydrogen-bond donors (Lipinski definition) is 4. The first kappa shape index (κ1) is 17.4. The molecule has 2 heterocycles. The van der Waals surface area contributed by atoms with E-state index in [9.17, 15) is 24.6 Å². The number of carbonyl (C=O) groups is 2. The van der Waals surface area contributed by atoms with Crippen molar-refractivity contribution in [1.82, 2.24) is 4.98 Å². The minimum Gasteiger partial charge on any atom is -0.478 e. The highest BCUT2D eigenvalue weighted by molar-refractivity contribution is 7.15. The minimum atomic E-state index is -1.53. The molecule has 8 heteroatoms. The molecule has 26 heavy (non-hydrogen) atoms. The summed E-state index contributed by atoms with van der Waals surface area (Å²) in [4.78, 5) is 39.6. The van der Waals surface area contributed by atoms with Crippen molar-refractivity contribution in [1.29, 1.82) is 0 Å². The van der Waals surface area contributed by atoms with Crippen molar-refractivity contribution in [3.05, 3.63) is 62.8 Å². The van der Waals surface area contributed by atoms with E-state index in [-0.39, 0.29) is 11.4 Å². The molecule has 0 atom stereocenters. The van der Waals surface area contributed by atoms with Gasteiger partial charge in [-0.15, -0.1) is 11.3 Å². The molecular weight excluding hydrogens is 356 g/mol. The number of rotatable bonds is 4. The summed E-state index contributed by atoms with van der Waals surface area (Å²) in [6, 6.07) is 10.5. The van der Waals surface area contributed by atoms with Crippen LogP contribution in [0.1, 0.15) is 25.6 Å². The second kappa shape index (κ2) is 6.49. The quantitative estimate of drug-likeness (QED) is 0.558. The first-order valence-corrected chi connectivity index (χ1v) is 8.31. The zero-order valence-corrected chi connectivity index (χ0v) is 14.4. The Balaban J connectivity index is 2.47. The summed E-state index contributed by atoms with van der Waals surface area (Å²) >= 11 is 1.47. The van der Waals surface area contributed by atoms with E-state index >= 15 is 0 Å². The van der Waals surface area contributed by atoms with Gasteiger partial charge in [-0.25, -0.2) is 9.59 Å². The molecule has 0 aliphatic carbocycles. The Morgan fingerprint density at radius 2 is 1.62 bits per heavy atom. The highest BCUT2D eigenvalue weighted by Crippen LogP contribution is 2.39. The van der Waals surface area contributed by atoms with Crippen LogP contribution in [-0.4, -0.2) is 27.1 Å². The fourth-order valence-corrected chi connectivity index (χ4v) is 3.72. The van der Waals surface area contributed by atoms with Gasteiger partial charge in [-0.3, -0.25) is 4.79 Å². The molecule has 3 aromatic rings. The van der Waals surface area contributed by atoms with Gasteiger partial charge in [-0.1, -0.05) is 24.3 Å². The van der Waals surface area contributed by atoms with Crippen LogP contribution >= 0.6 is 11.3 Å². The third-order valence-electron chi connectivity index (χ3n) is 3.87. The lowest BCUT2D eigenvalue weighted by molar-refractivity contribution is 0.0695. The number of benzene rings is 1. The lowest BCUT2D eigenvalue weighted by Gasteiger charge is -2.15. The summed E-state index contributed by atoms with van der Waals surface area (Å²) in [6.07, 6.45) is 0. The van der Waals surface area contributed by atoms with Crippen LogP contribution in [0.15, 0.2) is 41.2 Å². The predicted molar refractivity (Wildman–Crippen MR) is 98.9 cm³/mol. The predicted octanol–water partition coefficient (Wildman–Crippen LogP) is 3.06. The third kappa shape index (κ3) is 2.86. The number of nitrogens with two attached hydrogens (primary N) is 1. The van der Waals surface area contributed by atoms with E-state index < -0.39 is 28.6 Å². The molecule has 0 fully saturated rings. The average molecular weight is 370 g/mol. The van der Waals surface area contributed by atoms with Crippen LogP contribution in [0.2, 0.25) is 0 Å². The molecule has 0 amide bonds. The number of carboxylic acids is 2. The van der Waals surface area contributed by atoms with Gasteiger partial charge in [-0.2, -0.15) is 0 Å². The smallest absolute Gasteiger partial charge is 0.342 e. The van der Waals surface area contributed by atoms with Crippen molar-refractivity contribution in [2.24, 2.45) is 0 Å². The summed E-state index contributed by atoms with van der Waals surface area (Å²) < 4.78 is 0. The number of aromatic carboxylic acids is 2. The molecule has 0 bridgehead atoms. The normalized spacial score (nSPS) is 10.7. The molecule has 0 aliphatic rings. The van der Waals surface area contributed by atoms with E-state index in [1.165, 1.54) is 11.3 Å². The zero-order chi connectivity index (χ0) is 19.0. The van der Waals surface area contributed by atoms with Gasteiger partial charge < -0.3 is 20.9 Å². The maximum Gasteiger partial charge on any atom is 0.342 e. The van der Waals surface area contributed by atoms with Crippen LogP contribution in [0.3, 0.4) is 0 Å². The van der Waals surface area contributed by atoms with Gasteiger partial charge >= 0.3 is 11.9 Å². The zero-order valence-electron chi connectivity index (χ0n) is 13.6. The Hall–Kier alpha value is -3.39. The van der Waals surface area contributed by atoms with Crippen molar-refractivity contribution >= 4 is 29.1 Å². The summed E-state index contributed by atoms with van der Waals surface area (Å²) in [6.45, 7) is 1.92. The molecule has 7 nitrogen and oxygen atoms in total. The number of aromatic nitrogens is 1. The first-order valence-electron chi connectivity index (χ1n) is 7.49. The molecule has 132 valence electrons. The van der Waals surface area contributed by atoms with E-state index in [4.69, 9.17) is 5.73 Å². The molecule has 5 N–H and O–H groups in total. The second-order valence-corrected chi connectivity index (χ2v) is 6.85. The monoisotopic (exact) mass is 370 g/mol. The molecule has 0 spiro atoms. The average Bonchev–Trinajstić information content (AvgIpc) is 2.99. The Bertz CT molecular complexity index is 1100. The number of hydrogen-bond acceptors (Lipinski definition) is 5. The molecule has 0 unspecified atom stereocenters. The van der Waals surface area contributed by atoms with Crippen LogP contribution in [0, 0.1) is 6.92 Å². The molecule has 2 aromatic heterocycles. The third-order valence-corrected chi connectivity index (χ3v) is 4.91. The fourth-order valence-electron chi connectivity index (χ4n) is 2.81. The van der Waals surface area contributed by atoms with Gasteiger partial charge in [0.1, 0.15) is 16.9 Å². The lowest BCUT2D eigenvalue weighted by atomic mass is 9.91. The van der Waals surface area contributed by atoms with Crippen molar-refractivity contribution in [3.63, 3.8) is 0 Å². The van der Waals surface area contributed by atoms with Gasteiger partial charge in [0.2, 0.25) is 0 Å². The van der Waals surface area contributed by atoms with Crippen molar-refractivity contribution in [3.8, 4) is 21.6 Å². The lowest BCUT2D eigenvalue weighted by Crippen LogP contribution is -2.24. The van der Waals surface area contributed by atoms with Gasteiger partial charge in [-0.05, 0) is 30.2 Å². The number of anilines is 1. The largest absolute Gasteiger partial charge is 0.478 e. The van der Waals surface area contributed by atoms with E-state index in [2.05, 4.69) is 4.98 Å². The maximum absolute atomic E-state index is 12.2. The standard InChI is InChI=1S/C18H14N2O5S/c1-8-6-7-11(26-8)9-4-2-3-5-10(9)12-13(17(22)23)15(19)20-16(21)14(12)18(24)25/h2-7H,1H3,(H,22,23)(H,24,25)(H3,19,20,21). The molecule has 0 saturated heterocycles. The topological polar surface area (TPSA) is 133 Å². The number of aryl methyl sites for hydroxylation is 1. The number of H-pyrrole nitrogens is 1. The van der Waals surface area contributed by atoms with Crippen LogP contribution in [0.5, 0.6) is 0 Å². The minimum absolute atomic E-state index is 0.201. The van der Waals surface area contributed by atoms with Crippen molar-refractivity contribution < 1.29 is 19.8 Å². The van der Waals surface area contributed by atoms with E-state index in [1.807, 2.05) is 19.1 Å². The van der Waals surface area contributed by atoms with Crippen LogP contribution < -0.4 is 11.3 Å². The first-order chi connectivity index (χ1) is 12.3. The number of nitrogens with one attached hydrogen (secondary N) is 1. The van der Waals surface area contributed by atoms with Crippen molar-refractivity contribution in [2.75, 3.05) is 5.73 Å². The summed E-state index contributed by atoms with van der Waals surface area (Å²) in [5.41, 5.74) is 4.39. The van der Waals surface area contributed by atoms with Crippen molar-refractivity contribution in [2.45, 2.75) is 6.92 Å². The number of pyridine rings is 1. The summed E-state index contributed by atoms with van der Waals surface area (Å²) in [7, 11) is 0. The van der Waals surface area contributed by atoms with Crippen LogP contribution in [-0.2, 0) is 0 Å². The number of carboxylic acid groups (broad SMARTS) is 2. The molecule has 1 aromatic carbocycles. The Morgan fingerprint density at radius 1 is 1.00 bits per heavy atom. The number of nitrogen functional groups attached to an aromatic ring is 1. The van der Waals surface area contributed by atoms with Gasteiger partial charge in [0.05, 0.1) is 0 Å². The van der Waals surface area contributed by atoms with Crippen LogP contribution in [0.4, 0.5) is 5.82 Å². The molecule has 0 aliphatic heterocycles. The molecule has 0 saturated carbocycles. The van der Waals surface area contributed by atoms with Gasteiger partial charge in [0.15, 0.2) is 0 Å². The molecular formula is C18H14N2O5S. The molecule has 3 rings (SSSR count). The summed E-state index contributed by atoms with van der Waals surface area (Å²) in [5.74, 6) is -3.34. The SMILES string of the molecule is Cc1ccc(-c2ccccc2-c2c(C(=O)O)c(N)[nH]c(=O)c2C(=O)O)s1. The Morgan fingerprint density at radius 3 is 2.15 bits per heavy atom. The van der Waals surface area contributed by atoms with E-state index in [0.29, 0.717) is 11.1 Å². The highest BCUT2D eigenvalue weighted by atomic mass is 32.1. The Labute approximate surface area is 151 Å². The fraction of sp³-hybridized carbons (Fsp3) is 0.0556. The summed E-state index contributed by atoms with van der Waals surface area (Å²) in [5, 5.41) is 19.1. The molecule has 0 radical (unpaired) electrons. The number of aromatic amines is 1. The highest BCUT2D eigenvalue weighted by Gasteiger charge is 2.28. The van der Waals surface area contributed by atoms with Crippen LogP contribution in [0.25, 0.3) is 21.6 Å². The van der Waals surface area contributed by atoms with E-state index in [0.717, 1.165) is 9.75 Å². The van der Waals surface area contributed by atoms with Gasteiger partial charge in [0, 0.05) is 15.3 Å². The van der Waals surface area contributed by atoms with Gasteiger partial charge in [0.25, 0.3) is 5.56 Å². The maximum atomic E-state index is 12.2.